The van der Waals surface area contributed by atoms with Gasteiger partial charge in [0.2, 0.25) is 5.91 Å². The Kier molecular flexibility index (Phi) is 4.75. The first kappa shape index (κ1) is 15.1. The van der Waals surface area contributed by atoms with E-state index < -0.39 is 0 Å². The second-order valence-electron chi connectivity index (χ2n) is 5.39. The number of benzene rings is 1. The van der Waals surface area contributed by atoms with Crippen LogP contribution in [0, 0.1) is 0 Å². The summed E-state index contributed by atoms with van der Waals surface area (Å²) < 4.78 is 5.43. The Morgan fingerprint density at radius 1 is 1.32 bits per heavy atom. The minimum atomic E-state index is -0.0248. The third-order valence-corrected chi connectivity index (χ3v) is 4.87. The molecule has 22 heavy (non-hydrogen) atoms. The van der Waals surface area contributed by atoms with Gasteiger partial charge in [0.05, 0.1) is 5.92 Å². The fraction of sp³-hybridized carbons (Fsp3) is 0.353. The van der Waals surface area contributed by atoms with Crippen LogP contribution in [0.4, 0.5) is 5.69 Å². The standard InChI is InChI=1S/C17H20N2O2S/c18-9-10-21-13-6-4-12(5-7-13)19-17(20)15-2-1-3-16-14(15)8-11-22-16/h4-8,11,15H,1-3,9-10,18H2,(H,19,20). The van der Waals surface area contributed by atoms with Crippen LogP contribution in [0.25, 0.3) is 0 Å². The molecule has 3 rings (SSSR count). The predicted octanol–water partition coefficient (Wildman–Crippen LogP) is 3.14. The number of carbonyl (C=O) groups is 1. The fourth-order valence-electron chi connectivity index (χ4n) is 2.80. The van der Waals surface area contributed by atoms with Gasteiger partial charge in [0.15, 0.2) is 0 Å². The fourth-order valence-corrected chi connectivity index (χ4v) is 3.79. The monoisotopic (exact) mass is 316 g/mol. The molecule has 1 amide bonds. The maximum atomic E-state index is 12.5. The number of nitrogens with two attached hydrogens (primary N) is 1. The minimum absolute atomic E-state index is 0.0248. The minimum Gasteiger partial charge on any atom is -0.492 e. The molecule has 2 aromatic rings. The Labute approximate surface area is 134 Å². The van der Waals surface area contributed by atoms with Gasteiger partial charge in [0, 0.05) is 17.1 Å². The zero-order valence-electron chi connectivity index (χ0n) is 12.4. The lowest BCUT2D eigenvalue weighted by molar-refractivity contribution is -0.117. The number of aryl methyl sites for hydroxylation is 1. The summed E-state index contributed by atoms with van der Waals surface area (Å²) in [5.74, 6) is 0.819. The molecule has 5 heteroatoms. The number of rotatable bonds is 5. The number of ether oxygens (including phenoxy) is 1. The van der Waals surface area contributed by atoms with E-state index in [1.807, 2.05) is 24.3 Å². The number of anilines is 1. The average molecular weight is 316 g/mol. The third kappa shape index (κ3) is 3.31. The van der Waals surface area contributed by atoms with Gasteiger partial charge >= 0.3 is 0 Å². The molecule has 1 heterocycles. The third-order valence-electron chi connectivity index (χ3n) is 3.88. The predicted molar refractivity (Wildman–Crippen MR) is 89.6 cm³/mol. The van der Waals surface area contributed by atoms with E-state index in [0.717, 1.165) is 30.7 Å². The number of hydrogen-bond donors (Lipinski definition) is 2. The van der Waals surface area contributed by atoms with Gasteiger partial charge in [-0.25, -0.2) is 0 Å². The van der Waals surface area contributed by atoms with E-state index in [9.17, 15) is 4.79 Å². The Bertz CT molecular complexity index is 636. The van der Waals surface area contributed by atoms with Gasteiger partial charge < -0.3 is 15.8 Å². The summed E-state index contributed by atoms with van der Waals surface area (Å²) in [6, 6.07) is 9.51. The normalized spacial score (nSPS) is 16.9. The second-order valence-corrected chi connectivity index (χ2v) is 6.40. The molecule has 1 aromatic carbocycles. The number of hydrogen-bond acceptors (Lipinski definition) is 4. The van der Waals surface area contributed by atoms with Gasteiger partial charge in [0.1, 0.15) is 12.4 Å². The van der Waals surface area contributed by atoms with Crippen molar-refractivity contribution in [3.8, 4) is 5.75 Å². The largest absolute Gasteiger partial charge is 0.492 e. The van der Waals surface area contributed by atoms with E-state index in [2.05, 4.69) is 16.8 Å². The summed E-state index contributed by atoms with van der Waals surface area (Å²) in [7, 11) is 0. The van der Waals surface area contributed by atoms with Gasteiger partial charge in [-0.2, -0.15) is 0 Å². The molecule has 0 fully saturated rings. The van der Waals surface area contributed by atoms with Crippen molar-refractivity contribution in [2.75, 3.05) is 18.5 Å². The highest BCUT2D eigenvalue weighted by atomic mass is 32.1. The first-order valence-corrected chi connectivity index (χ1v) is 8.46. The number of nitrogens with one attached hydrogen (secondary N) is 1. The highest BCUT2D eigenvalue weighted by Gasteiger charge is 2.27. The molecule has 0 spiro atoms. The maximum absolute atomic E-state index is 12.5. The molecule has 0 saturated carbocycles. The van der Waals surface area contributed by atoms with Crippen LogP contribution in [0.5, 0.6) is 5.75 Å². The SMILES string of the molecule is NCCOc1ccc(NC(=O)C2CCCc3sccc32)cc1. The molecule has 1 aliphatic carbocycles. The van der Waals surface area contributed by atoms with E-state index in [-0.39, 0.29) is 11.8 Å². The van der Waals surface area contributed by atoms with Crippen LogP contribution in [0.15, 0.2) is 35.7 Å². The molecule has 0 radical (unpaired) electrons. The van der Waals surface area contributed by atoms with Crippen LogP contribution in [0.1, 0.15) is 29.2 Å². The van der Waals surface area contributed by atoms with E-state index in [1.165, 1.54) is 10.4 Å². The molecule has 0 aliphatic heterocycles. The van der Waals surface area contributed by atoms with E-state index in [1.54, 1.807) is 11.3 Å². The molecule has 1 aromatic heterocycles. The lowest BCUT2D eigenvalue weighted by Crippen LogP contribution is -2.23. The first-order valence-electron chi connectivity index (χ1n) is 7.58. The Morgan fingerprint density at radius 2 is 2.14 bits per heavy atom. The summed E-state index contributed by atoms with van der Waals surface area (Å²) in [6.45, 7) is 0.984. The maximum Gasteiger partial charge on any atom is 0.231 e. The van der Waals surface area contributed by atoms with Crippen LogP contribution >= 0.6 is 11.3 Å². The summed E-state index contributed by atoms with van der Waals surface area (Å²) in [5, 5.41) is 5.09. The van der Waals surface area contributed by atoms with Crippen molar-refractivity contribution in [2.24, 2.45) is 5.73 Å². The Balaban J connectivity index is 1.65. The number of fused-ring (bicyclic) bond motifs is 1. The summed E-state index contributed by atoms with van der Waals surface area (Å²) >= 11 is 1.76. The van der Waals surface area contributed by atoms with Gasteiger partial charge in [-0.15, -0.1) is 11.3 Å². The molecule has 0 saturated heterocycles. The van der Waals surface area contributed by atoms with Crippen molar-refractivity contribution < 1.29 is 9.53 Å². The smallest absolute Gasteiger partial charge is 0.231 e. The molecular formula is C17H20N2O2S. The van der Waals surface area contributed by atoms with Crippen molar-refractivity contribution >= 4 is 22.9 Å². The summed E-state index contributed by atoms with van der Waals surface area (Å²) in [4.78, 5) is 13.9. The molecule has 116 valence electrons. The summed E-state index contributed by atoms with van der Waals surface area (Å²) in [5.41, 5.74) is 7.41. The van der Waals surface area contributed by atoms with E-state index in [4.69, 9.17) is 10.5 Å². The van der Waals surface area contributed by atoms with Crippen molar-refractivity contribution in [3.05, 3.63) is 46.2 Å². The van der Waals surface area contributed by atoms with Gasteiger partial charge in [-0.3, -0.25) is 4.79 Å². The van der Waals surface area contributed by atoms with Gasteiger partial charge in [-0.05, 0) is 60.5 Å². The molecule has 1 aliphatic rings. The van der Waals surface area contributed by atoms with Crippen molar-refractivity contribution in [3.63, 3.8) is 0 Å². The zero-order valence-corrected chi connectivity index (χ0v) is 13.2. The highest BCUT2D eigenvalue weighted by Crippen LogP contribution is 2.35. The number of amides is 1. The molecule has 1 atom stereocenters. The van der Waals surface area contributed by atoms with E-state index in [0.29, 0.717) is 13.2 Å². The molecule has 3 N–H and O–H groups in total. The van der Waals surface area contributed by atoms with Gasteiger partial charge in [-0.1, -0.05) is 0 Å². The van der Waals surface area contributed by atoms with E-state index >= 15 is 0 Å². The van der Waals surface area contributed by atoms with Crippen molar-refractivity contribution in [1.29, 1.82) is 0 Å². The van der Waals surface area contributed by atoms with Crippen LogP contribution in [0.2, 0.25) is 0 Å². The Hall–Kier alpha value is -1.85. The van der Waals surface area contributed by atoms with Gasteiger partial charge in [0.25, 0.3) is 0 Å². The lowest BCUT2D eigenvalue weighted by Gasteiger charge is -2.21. The molecule has 4 nitrogen and oxygen atoms in total. The topological polar surface area (TPSA) is 64.3 Å². The van der Waals surface area contributed by atoms with Crippen LogP contribution in [-0.2, 0) is 11.2 Å². The molecule has 0 bridgehead atoms. The van der Waals surface area contributed by atoms with Crippen LogP contribution < -0.4 is 15.8 Å². The van der Waals surface area contributed by atoms with Crippen molar-refractivity contribution in [1.82, 2.24) is 0 Å². The quantitative estimate of drug-likeness (QED) is 0.890. The average Bonchev–Trinajstić information content (AvgIpc) is 3.02. The van der Waals surface area contributed by atoms with Crippen LogP contribution in [0.3, 0.4) is 0 Å². The van der Waals surface area contributed by atoms with Crippen LogP contribution in [-0.4, -0.2) is 19.1 Å². The number of carbonyl (C=O) groups excluding carboxylic acids is 1. The highest BCUT2D eigenvalue weighted by molar-refractivity contribution is 7.10. The zero-order chi connectivity index (χ0) is 15.4. The lowest BCUT2D eigenvalue weighted by atomic mass is 9.87. The molecular weight excluding hydrogens is 296 g/mol. The summed E-state index contributed by atoms with van der Waals surface area (Å²) in [6.07, 6.45) is 3.11. The van der Waals surface area contributed by atoms with Crippen molar-refractivity contribution in [2.45, 2.75) is 25.2 Å². The molecule has 1 unspecified atom stereocenters. The first-order chi connectivity index (χ1) is 10.8. The Morgan fingerprint density at radius 3 is 2.91 bits per heavy atom. The second kappa shape index (κ2) is 6.94. The number of thiophene rings is 1.